The fraction of sp³-hybridized carbons (Fsp3) is 0.368. The number of halogens is 2. The van der Waals surface area contributed by atoms with Crippen LogP contribution in [0.2, 0.25) is 0 Å². The summed E-state index contributed by atoms with van der Waals surface area (Å²) in [4.78, 5) is 0. The highest BCUT2D eigenvalue weighted by molar-refractivity contribution is 9.10. The van der Waals surface area contributed by atoms with Crippen LogP contribution in [0.1, 0.15) is 36.8 Å². The van der Waals surface area contributed by atoms with E-state index in [2.05, 4.69) is 51.6 Å². The lowest BCUT2D eigenvalue weighted by molar-refractivity contribution is 0.304. The standard InChI is InChI=1S/C19H22BrNO.ClH/c20-18-12-16(13-21-17-8-4-5-9-17)10-11-19(18)22-14-15-6-2-1-3-7-15;/h1-3,6-7,10-12,17,21H,4-5,8-9,13-14H2;1H. The van der Waals surface area contributed by atoms with Crippen LogP contribution >= 0.6 is 28.3 Å². The maximum atomic E-state index is 5.89. The van der Waals surface area contributed by atoms with E-state index in [4.69, 9.17) is 4.74 Å². The van der Waals surface area contributed by atoms with E-state index in [0.29, 0.717) is 12.6 Å². The highest BCUT2D eigenvalue weighted by Gasteiger charge is 2.14. The molecule has 0 radical (unpaired) electrons. The summed E-state index contributed by atoms with van der Waals surface area (Å²) in [6.45, 7) is 1.53. The van der Waals surface area contributed by atoms with Gasteiger partial charge >= 0.3 is 0 Å². The van der Waals surface area contributed by atoms with Gasteiger partial charge in [0.25, 0.3) is 0 Å². The molecule has 1 fully saturated rings. The fourth-order valence-corrected chi connectivity index (χ4v) is 3.44. The molecule has 1 aliphatic rings. The van der Waals surface area contributed by atoms with Crippen LogP contribution < -0.4 is 10.1 Å². The summed E-state index contributed by atoms with van der Waals surface area (Å²) in [6.07, 6.45) is 5.38. The number of rotatable bonds is 6. The van der Waals surface area contributed by atoms with Gasteiger partial charge in [-0.15, -0.1) is 12.4 Å². The molecule has 0 spiro atoms. The summed E-state index contributed by atoms with van der Waals surface area (Å²) < 4.78 is 6.91. The molecule has 0 heterocycles. The second-order valence-electron chi connectivity index (χ2n) is 5.90. The lowest BCUT2D eigenvalue weighted by Crippen LogP contribution is -2.25. The first-order valence-electron chi connectivity index (χ1n) is 8.00. The highest BCUT2D eigenvalue weighted by Crippen LogP contribution is 2.27. The van der Waals surface area contributed by atoms with Gasteiger partial charge in [-0.1, -0.05) is 49.2 Å². The number of hydrogen-bond acceptors (Lipinski definition) is 2. The summed E-state index contributed by atoms with van der Waals surface area (Å²) in [5.41, 5.74) is 2.48. The minimum Gasteiger partial charge on any atom is -0.488 e. The fourth-order valence-electron chi connectivity index (χ4n) is 2.90. The van der Waals surface area contributed by atoms with E-state index in [-0.39, 0.29) is 12.4 Å². The van der Waals surface area contributed by atoms with E-state index >= 15 is 0 Å². The van der Waals surface area contributed by atoms with Crippen molar-refractivity contribution < 1.29 is 4.74 Å². The van der Waals surface area contributed by atoms with Gasteiger partial charge in [0.2, 0.25) is 0 Å². The minimum absolute atomic E-state index is 0. The summed E-state index contributed by atoms with van der Waals surface area (Å²) in [5.74, 6) is 0.897. The molecule has 0 bridgehead atoms. The van der Waals surface area contributed by atoms with Crippen LogP contribution in [0.3, 0.4) is 0 Å². The lowest BCUT2D eigenvalue weighted by atomic mass is 10.2. The van der Waals surface area contributed by atoms with Crippen LogP contribution in [0, 0.1) is 0 Å². The Bertz CT molecular complexity index is 600. The molecule has 0 aliphatic heterocycles. The van der Waals surface area contributed by atoms with Crippen LogP contribution in [-0.4, -0.2) is 6.04 Å². The van der Waals surface area contributed by atoms with Crippen molar-refractivity contribution in [2.45, 2.75) is 44.9 Å². The molecule has 1 saturated carbocycles. The van der Waals surface area contributed by atoms with Crippen LogP contribution in [0.4, 0.5) is 0 Å². The van der Waals surface area contributed by atoms with Gasteiger partial charge < -0.3 is 10.1 Å². The van der Waals surface area contributed by atoms with Crippen LogP contribution in [0.15, 0.2) is 53.0 Å². The molecule has 0 unspecified atom stereocenters. The number of ether oxygens (including phenoxy) is 1. The van der Waals surface area contributed by atoms with Gasteiger partial charge in [0.05, 0.1) is 4.47 Å². The van der Waals surface area contributed by atoms with Crippen molar-refractivity contribution in [1.29, 1.82) is 0 Å². The zero-order valence-corrected chi connectivity index (χ0v) is 15.5. The Morgan fingerprint density at radius 1 is 1.00 bits per heavy atom. The Labute approximate surface area is 153 Å². The second-order valence-corrected chi connectivity index (χ2v) is 6.76. The maximum absolute atomic E-state index is 5.89. The smallest absolute Gasteiger partial charge is 0.134 e. The van der Waals surface area contributed by atoms with Gasteiger partial charge in [-0.05, 0) is 52.0 Å². The molecule has 1 N–H and O–H groups in total. The molecular weight excluding hydrogens is 374 g/mol. The largest absolute Gasteiger partial charge is 0.488 e. The predicted octanol–water partition coefficient (Wildman–Crippen LogP) is 5.48. The SMILES string of the molecule is Brc1cc(CNC2CCCC2)ccc1OCc1ccccc1.Cl. The minimum atomic E-state index is 0. The molecular formula is C19H23BrClNO. The first-order chi connectivity index (χ1) is 10.8. The molecule has 3 rings (SSSR count). The van der Waals surface area contributed by atoms with Crippen molar-refractivity contribution in [2.75, 3.05) is 0 Å². The average Bonchev–Trinajstić information content (AvgIpc) is 3.06. The molecule has 124 valence electrons. The zero-order valence-electron chi connectivity index (χ0n) is 13.1. The Kier molecular flexibility index (Phi) is 7.41. The first-order valence-corrected chi connectivity index (χ1v) is 8.79. The molecule has 0 amide bonds. The van der Waals surface area contributed by atoms with E-state index < -0.39 is 0 Å². The number of hydrogen-bond donors (Lipinski definition) is 1. The second kappa shape index (κ2) is 9.31. The lowest BCUT2D eigenvalue weighted by Gasteiger charge is -2.13. The Morgan fingerprint density at radius 2 is 1.74 bits per heavy atom. The first kappa shape index (κ1) is 18.3. The van der Waals surface area contributed by atoms with E-state index in [1.165, 1.54) is 36.8 Å². The molecule has 2 nitrogen and oxygen atoms in total. The zero-order chi connectivity index (χ0) is 15.2. The monoisotopic (exact) mass is 395 g/mol. The third-order valence-electron chi connectivity index (χ3n) is 4.18. The van der Waals surface area contributed by atoms with E-state index in [0.717, 1.165) is 16.8 Å². The van der Waals surface area contributed by atoms with Gasteiger partial charge in [0, 0.05) is 12.6 Å². The van der Waals surface area contributed by atoms with Crippen molar-refractivity contribution in [2.24, 2.45) is 0 Å². The number of nitrogens with one attached hydrogen (secondary N) is 1. The van der Waals surface area contributed by atoms with Crippen LogP contribution in [0.5, 0.6) is 5.75 Å². The van der Waals surface area contributed by atoms with Crippen LogP contribution in [0.25, 0.3) is 0 Å². The summed E-state index contributed by atoms with van der Waals surface area (Å²) in [7, 11) is 0. The summed E-state index contributed by atoms with van der Waals surface area (Å²) >= 11 is 3.62. The quantitative estimate of drug-likeness (QED) is 0.698. The molecule has 4 heteroatoms. The summed E-state index contributed by atoms with van der Waals surface area (Å²) in [5, 5.41) is 3.64. The molecule has 23 heavy (non-hydrogen) atoms. The van der Waals surface area contributed by atoms with Gasteiger partial charge in [-0.3, -0.25) is 0 Å². The third kappa shape index (κ3) is 5.52. The Hall–Kier alpha value is -1.03. The molecule has 0 atom stereocenters. The van der Waals surface area contributed by atoms with Gasteiger partial charge in [-0.25, -0.2) is 0 Å². The molecule has 1 aliphatic carbocycles. The normalized spacial score (nSPS) is 14.5. The molecule has 0 saturated heterocycles. The van der Waals surface area contributed by atoms with Crippen LogP contribution in [-0.2, 0) is 13.2 Å². The number of benzene rings is 2. The highest BCUT2D eigenvalue weighted by atomic mass is 79.9. The van der Waals surface area contributed by atoms with Gasteiger partial charge in [0.15, 0.2) is 0 Å². The maximum Gasteiger partial charge on any atom is 0.134 e. The van der Waals surface area contributed by atoms with Crippen molar-refractivity contribution in [3.05, 3.63) is 64.1 Å². The third-order valence-corrected chi connectivity index (χ3v) is 4.80. The Morgan fingerprint density at radius 3 is 2.43 bits per heavy atom. The Balaban J connectivity index is 0.00000192. The molecule has 2 aromatic carbocycles. The topological polar surface area (TPSA) is 21.3 Å². The van der Waals surface area contributed by atoms with Crippen molar-refractivity contribution in [3.8, 4) is 5.75 Å². The average molecular weight is 397 g/mol. The van der Waals surface area contributed by atoms with Crippen molar-refractivity contribution in [1.82, 2.24) is 5.32 Å². The van der Waals surface area contributed by atoms with E-state index in [1.54, 1.807) is 0 Å². The van der Waals surface area contributed by atoms with E-state index in [9.17, 15) is 0 Å². The molecule has 2 aromatic rings. The van der Waals surface area contributed by atoms with Crippen molar-refractivity contribution in [3.63, 3.8) is 0 Å². The van der Waals surface area contributed by atoms with Gasteiger partial charge in [-0.2, -0.15) is 0 Å². The van der Waals surface area contributed by atoms with Gasteiger partial charge in [0.1, 0.15) is 12.4 Å². The van der Waals surface area contributed by atoms with E-state index in [1.807, 2.05) is 18.2 Å². The summed E-state index contributed by atoms with van der Waals surface area (Å²) in [6, 6.07) is 17.3. The predicted molar refractivity (Wildman–Crippen MR) is 101 cm³/mol. The molecule has 0 aromatic heterocycles. The van der Waals surface area contributed by atoms with Crippen molar-refractivity contribution >= 4 is 28.3 Å².